The van der Waals surface area contributed by atoms with E-state index in [9.17, 15) is 9.69 Å². The lowest BCUT2D eigenvalue weighted by molar-refractivity contribution is -0.150. The summed E-state index contributed by atoms with van der Waals surface area (Å²) in [6, 6.07) is 7.91. The summed E-state index contributed by atoms with van der Waals surface area (Å²) < 4.78 is 22.3. The first-order valence-corrected chi connectivity index (χ1v) is 16.4. The minimum Gasteiger partial charge on any atom is -0.494 e. The summed E-state index contributed by atoms with van der Waals surface area (Å²) in [5.41, 5.74) is 1.02. The number of carbonyl (C=O) groups is 1. The van der Waals surface area contributed by atoms with Crippen molar-refractivity contribution in [2.75, 3.05) is 40.5 Å². The molecule has 8 heteroatoms. The maximum Gasteiger partial charge on any atom is 0.330 e. The maximum atomic E-state index is 12.1. The molecule has 2 unspecified atom stereocenters. The predicted molar refractivity (Wildman–Crippen MR) is 161 cm³/mol. The maximum absolute atomic E-state index is 12.1. The van der Waals surface area contributed by atoms with Crippen LogP contribution in [0.5, 0.6) is 5.75 Å². The fourth-order valence-corrected chi connectivity index (χ4v) is 4.79. The van der Waals surface area contributed by atoms with E-state index in [1.54, 1.807) is 0 Å². The zero-order chi connectivity index (χ0) is 28.6. The second-order valence-corrected chi connectivity index (χ2v) is 11.6. The van der Waals surface area contributed by atoms with Gasteiger partial charge < -0.3 is 28.3 Å². The molecule has 0 saturated carbocycles. The van der Waals surface area contributed by atoms with E-state index in [1.807, 2.05) is 50.2 Å². The van der Waals surface area contributed by atoms with Gasteiger partial charge >= 0.3 is 14.6 Å². The van der Waals surface area contributed by atoms with E-state index >= 15 is 0 Å². The first kappa shape index (κ1) is 35.8. The van der Waals surface area contributed by atoms with Crippen molar-refractivity contribution in [1.29, 1.82) is 0 Å². The van der Waals surface area contributed by atoms with Crippen LogP contribution in [0, 0.1) is 0 Å². The number of benzene rings is 1. The normalized spacial score (nSPS) is 13.0. The number of unbranched alkanes of at least 4 members (excludes halogenated alkanes) is 11. The summed E-state index contributed by atoms with van der Waals surface area (Å²) >= 11 is 0. The number of likely N-dealkylation sites (N-methyl/N-ethyl adjacent to an activating group) is 1. The molecule has 0 aliphatic heterocycles. The molecule has 0 heterocycles. The van der Waals surface area contributed by atoms with Crippen molar-refractivity contribution < 1.29 is 28.2 Å². The largest absolute Gasteiger partial charge is 0.494 e. The van der Waals surface area contributed by atoms with Gasteiger partial charge in [0.2, 0.25) is 0 Å². The first-order valence-electron chi connectivity index (χ1n) is 15.2. The highest BCUT2D eigenvalue weighted by molar-refractivity contribution is 7.40. The van der Waals surface area contributed by atoms with Gasteiger partial charge in [-0.1, -0.05) is 96.6 Å². The molecule has 1 aromatic carbocycles. The van der Waals surface area contributed by atoms with Crippen molar-refractivity contribution in [3.63, 3.8) is 0 Å². The molecular formula is C31H56NO6P. The van der Waals surface area contributed by atoms with E-state index in [2.05, 4.69) is 6.92 Å². The number of hydrogen-bond donors (Lipinski definition) is 1. The number of esters is 1. The molecule has 2 atom stereocenters. The van der Waals surface area contributed by atoms with E-state index in [0.29, 0.717) is 26.0 Å². The molecule has 1 rings (SSSR count). The monoisotopic (exact) mass is 569 g/mol. The molecule has 0 radical (unpaired) electrons. The van der Waals surface area contributed by atoms with Gasteiger partial charge in [0.05, 0.1) is 19.8 Å². The lowest BCUT2D eigenvalue weighted by Gasteiger charge is -2.20. The van der Waals surface area contributed by atoms with Gasteiger partial charge in [0.1, 0.15) is 11.9 Å². The van der Waals surface area contributed by atoms with Gasteiger partial charge in [0.25, 0.3) is 0 Å². The van der Waals surface area contributed by atoms with E-state index in [-0.39, 0.29) is 12.6 Å². The summed E-state index contributed by atoms with van der Waals surface area (Å²) in [4.78, 5) is 24.1. The number of nitrogens with zero attached hydrogens (tertiary/aromatic N) is 1. The Kier molecular flexibility index (Phi) is 22.5. The smallest absolute Gasteiger partial charge is 0.330 e. The minimum atomic E-state index is -2.01. The Bertz CT molecular complexity index is 703. The average Bonchev–Trinajstić information content (AvgIpc) is 2.90. The lowest BCUT2D eigenvalue weighted by atomic mass is 10.1. The van der Waals surface area contributed by atoms with E-state index < -0.39 is 14.7 Å². The van der Waals surface area contributed by atoms with Gasteiger partial charge in [-0.3, -0.25) is 4.79 Å². The van der Waals surface area contributed by atoms with Gasteiger partial charge in [-0.2, -0.15) is 0 Å². The van der Waals surface area contributed by atoms with Crippen LogP contribution in [0.1, 0.15) is 109 Å². The molecule has 0 saturated heterocycles. The van der Waals surface area contributed by atoms with Crippen LogP contribution in [0.25, 0.3) is 0 Å². The van der Waals surface area contributed by atoms with Gasteiger partial charge in [-0.05, 0) is 44.6 Å². The van der Waals surface area contributed by atoms with E-state index in [1.165, 1.54) is 70.6 Å². The average molecular weight is 570 g/mol. The van der Waals surface area contributed by atoms with E-state index in [4.69, 9.17) is 18.5 Å². The number of hydrogen-bond acceptors (Lipinski definition) is 7. The highest BCUT2D eigenvalue weighted by Crippen LogP contribution is 2.33. The number of carbonyl (C=O) groups excluding carboxylic acids is 1. The summed E-state index contributed by atoms with van der Waals surface area (Å²) in [7, 11) is 1.85. The van der Waals surface area contributed by atoms with Crippen LogP contribution in [0.4, 0.5) is 0 Å². The van der Waals surface area contributed by atoms with Crippen LogP contribution < -0.4 is 4.74 Å². The highest BCUT2D eigenvalue weighted by atomic mass is 31.2. The fourth-order valence-electron chi connectivity index (χ4n) is 4.19. The quantitative estimate of drug-likeness (QED) is 0.0692. The van der Waals surface area contributed by atoms with Crippen molar-refractivity contribution in [3.05, 3.63) is 29.8 Å². The Hall–Kier alpha value is -1.24. The topological polar surface area (TPSA) is 77.5 Å². The molecule has 226 valence electrons. The molecule has 0 aliphatic rings. The van der Waals surface area contributed by atoms with Crippen molar-refractivity contribution in [2.24, 2.45) is 0 Å². The van der Waals surface area contributed by atoms with Crippen LogP contribution in [0.15, 0.2) is 24.3 Å². The van der Waals surface area contributed by atoms with Gasteiger partial charge in [0.15, 0.2) is 0 Å². The molecule has 39 heavy (non-hydrogen) atoms. The van der Waals surface area contributed by atoms with Gasteiger partial charge in [-0.25, -0.2) is 0 Å². The SMILES string of the molecule is CCCCCCCCCCCCCCOc1ccc(CC(COP(O)OCCN(C)C)OC(=O)CCC)cc1. The predicted octanol–water partition coefficient (Wildman–Crippen LogP) is 7.83. The minimum absolute atomic E-state index is 0.0802. The molecule has 0 aromatic heterocycles. The highest BCUT2D eigenvalue weighted by Gasteiger charge is 2.18. The van der Waals surface area contributed by atoms with Crippen LogP contribution in [-0.4, -0.2) is 62.3 Å². The molecule has 1 aromatic rings. The molecule has 1 N–H and O–H groups in total. The van der Waals surface area contributed by atoms with E-state index in [0.717, 1.165) is 30.8 Å². The zero-order valence-electron chi connectivity index (χ0n) is 25.2. The Balaban J connectivity index is 2.28. The zero-order valence-corrected chi connectivity index (χ0v) is 26.1. The third-order valence-corrected chi connectivity index (χ3v) is 7.29. The number of ether oxygens (including phenoxy) is 2. The van der Waals surface area contributed by atoms with Crippen LogP contribution in [0.3, 0.4) is 0 Å². The molecule has 0 amide bonds. The first-order chi connectivity index (χ1) is 18.9. The van der Waals surface area contributed by atoms with Gasteiger partial charge in [-0.15, -0.1) is 0 Å². The Morgan fingerprint density at radius 1 is 0.821 bits per heavy atom. The van der Waals surface area contributed by atoms with Crippen molar-refractivity contribution in [3.8, 4) is 5.75 Å². The Labute approximate surface area is 239 Å². The van der Waals surface area contributed by atoms with Crippen LogP contribution in [0.2, 0.25) is 0 Å². The molecule has 0 spiro atoms. The Morgan fingerprint density at radius 3 is 1.97 bits per heavy atom. The third kappa shape index (κ3) is 21.2. The van der Waals surface area contributed by atoms with Crippen LogP contribution in [-0.2, 0) is 25.0 Å². The molecule has 0 aliphatic carbocycles. The molecule has 0 bridgehead atoms. The summed E-state index contributed by atoms with van der Waals surface area (Å²) in [5.74, 6) is 0.593. The summed E-state index contributed by atoms with van der Waals surface area (Å²) in [5, 5.41) is 0. The van der Waals surface area contributed by atoms with Crippen molar-refractivity contribution >= 4 is 14.6 Å². The van der Waals surface area contributed by atoms with Gasteiger partial charge in [0, 0.05) is 19.4 Å². The molecule has 0 fully saturated rings. The van der Waals surface area contributed by atoms with Crippen molar-refractivity contribution in [1.82, 2.24) is 4.90 Å². The van der Waals surface area contributed by atoms with Crippen molar-refractivity contribution in [2.45, 2.75) is 116 Å². The summed E-state index contributed by atoms with van der Waals surface area (Å²) in [6.07, 6.45) is 17.1. The second kappa shape index (κ2) is 24.5. The van der Waals surface area contributed by atoms with Crippen LogP contribution >= 0.6 is 8.60 Å². The Morgan fingerprint density at radius 2 is 1.41 bits per heavy atom. The molecule has 7 nitrogen and oxygen atoms in total. The fraction of sp³-hybridized carbons (Fsp3) is 0.774. The lowest BCUT2D eigenvalue weighted by Crippen LogP contribution is -2.25. The number of rotatable bonds is 26. The summed E-state index contributed by atoms with van der Waals surface area (Å²) in [6.45, 7) is 6.08. The second-order valence-electron chi connectivity index (χ2n) is 10.6. The molecular weight excluding hydrogens is 513 g/mol. The standard InChI is InChI=1S/C31H56NO6P/c1-5-7-8-9-10-11-12-13-14-15-16-17-24-35-29-21-19-28(20-22-29)26-30(38-31(33)18-6-2)27-37-39(34)36-25-23-32(3)4/h19-22,30,34H,5-18,23-27H2,1-4H3. The third-order valence-electron chi connectivity index (χ3n) is 6.52.